The van der Waals surface area contributed by atoms with Crippen molar-refractivity contribution >= 4 is 22.9 Å². The first-order valence-corrected chi connectivity index (χ1v) is 9.01. The zero-order valence-corrected chi connectivity index (χ0v) is 14.6. The van der Waals surface area contributed by atoms with Gasteiger partial charge in [0.2, 0.25) is 17.6 Å². The largest absolute Gasteiger partial charge is 0.345 e. The molecule has 3 aromatic heterocycles. The lowest BCUT2D eigenvalue weighted by Crippen LogP contribution is -2.18. The first-order valence-electron chi connectivity index (χ1n) is 8.13. The molecule has 0 aliphatic rings. The van der Waals surface area contributed by atoms with E-state index in [2.05, 4.69) is 15.5 Å². The van der Waals surface area contributed by atoms with E-state index in [1.807, 2.05) is 70.9 Å². The van der Waals surface area contributed by atoms with Gasteiger partial charge in [-0.05, 0) is 35.2 Å². The third-order valence-electron chi connectivity index (χ3n) is 3.84. The number of rotatable bonds is 6. The minimum atomic E-state index is -0.0848. The van der Waals surface area contributed by atoms with Gasteiger partial charge in [-0.2, -0.15) is 4.98 Å². The number of amides is 1. The highest BCUT2D eigenvalue weighted by molar-refractivity contribution is 7.13. The quantitative estimate of drug-likeness (QED) is 0.564. The first-order chi connectivity index (χ1) is 12.8. The van der Waals surface area contributed by atoms with Crippen LogP contribution in [0, 0.1) is 0 Å². The number of hydrogen-bond donors (Lipinski definition) is 1. The molecule has 130 valence electrons. The van der Waals surface area contributed by atoms with Gasteiger partial charge in [0, 0.05) is 18.1 Å². The Balaban J connectivity index is 1.48. The number of carbonyl (C=O) groups is 1. The molecule has 0 unspecified atom stereocenters. The van der Waals surface area contributed by atoms with E-state index in [9.17, 15) is 4.79 Å². The average molecular weight is 364 g/mol. The van der Waals surface area contributed by atoms with Crippen LogP contribution >= 0.6 is 11.3 Å². The number of thiophene rings is 1. The van der Waals surface area contributed by atoms with E-state index in [-0.39, 0.29) is 12.5 Å². The summed E-state index contributed by atoms with van der Waals surface area (Å²) in [7, 11) is 0. The van der Waals surface area contributed by atoms with E-state index < -0.39 is 0 Å². The summed E-state index contributed by atoms with van der Waals surface area (Å²) >= 11 is 1.56. The second-order valence-corrected chi connectivity index (χ2v) is 6.67. The molecule has 0 aliphatic heterocycles. The highest BCUT2D eigenvalue weighted by atomic mass is 32.1. The number of para-hydroxylation sites is 1. The molecular formula is C19H16N4O2S. The standard InChI is InChI=1S/C19H16N4O2S/c24-17(13-23-9-3-4-10-23)20-15-7-2-1-6-14(15)12-18-21-19(22-25-18)16-8-5-11-26-16/h1-11H,12-13H2,(H,20,24). The van der Waals surface area contributed by atoms with Crippen molar-refractivity contribution in [3.63, 3.8) is 0 Å². The van der Waals surface area contributed by atoms with Crippen LogP contribution in [0.15, 0.2) is 70.8 Å². The van der Waals surface area contributed by atoms with Gasteiger partial charge in [0.1, 0.15) is 6.54 Å². The molecule has 0 saturated heterocycles. The Morgan fingerprint density at radius 1 is 1.12 bits per heavy atom. The van der Waals surface area contributed by atoms with Gasteiger partial charge in [-0.1, -0.05) is 29.4 Å². The van der Waals surface area contributed by atoms with Gasteiger partial charge in [-0.15, -0.1) is 11.3 Å². The van der Waals surface area contributed by atoms with Crippen molar-refractivity contribution in [1.29, 1.82) is 0 Å². The van der Waals surface area contributed by atoms with Crippen molar-refractivity contribution in [3.05, 3.63) is 77.8 Å². The molecule has 0 fully saturated rings. The molecule has 0 aliphatic carbocycles. The summed E-state index contributed by atoms with van der Waals surface area (Å²) in [6.07, 6.45) is 4.17. The van der Waals surface area contributed by atoms with Crippen LogP contribution in [0.4, 0.5) is 5.69 Å². The van der Waals surface area contributed by atoms with Crippen molar-refractivity contribution in [1.82, 2.24) is 14.7 Å². The van der Waals surface area contributed by atoms with Crippen LogP contribution < -0.4 is 5.32 Å². The zero-order chi connectivity index (χ0) is 17.8. The van der Waals surface area contributed by atoms with Gasteiger partial charge in [-0.25, -0.2) is 0 Å². The van der Waals surface area contributed by atoms with Gasteiger partial charge in [0.25, 0.3) is 0 Å². The number of hydrogen-bond acceptors (Lipinski definition) is 5. The van der Waals surface area contributed by atoms with Crippen LogP contribution in [0.5, 0.6) is 0 Å². The number of anilines is 1. The minimum Gasteiger partial charge on any atom is -0.345 e. The molecular weight excluding hydrogens is 348 g/mol. The predicted molar refractivity (Wildman–Crippen MR) is 99.9 cm³/mol. The molecule has 0 spiro atoms. The molecule has 3 heterocycles. The van der Waals surface area contributed by atoms with Crippen molar-refractivity contribution in [3.8, 4) is 10.7 Å². The molecule has 1 N–H and O–H groups in total. The average Bonchev–Trinajstić information content (AvgIpc) is 3.38. The predicted octanol–water partition coefficient (Wildman–Crippen LogP) is 3.83. The molecule has 4 rings (SSSR count). The van der Waals surface area contributed by atoms with Gasteiger partial charge < -0.3 is 14.4 Å². The van der Waals surface area contributed by atoms with Gasteiger partial charge in [0.15, 0.2) is 0 Å². The number of benzene rings is 1. The molecule has 6 nitrogen and oxygen atoms in total. The van der Waals surface area contributed by atoms with E-state index >= 15 is 0 Å². The van der Waals surface area contributed by atoms with Crippen LogP contribution in [0.25, 0.3) is 10.7 Å². The number of nitrogens with one attached hydrogen (secondary N) is 1. The van der Waals surface area contributed by atoms with Crippen LogP contribution in [0.2, 0.25) is 0 Å². The fourth-order valence-electron chi connectivity index (χ4n) is 2.62. The van der Waals surface area contributed by atoms with Crippen LogP contribution in [-0.4, -0.2) is 20.6 Å². The maximum Gasteiger partial charge on any atom is 0.244 e. The summed E-state index contributed by atoms with van der Waals surface area (Å²) in [5.74, 6) is 1.02. The topological polar surface area (TPSA) is 73.0 Å². The van der Waals surface area contributed by atoms with Crippen molar-refractivity contribution in [2.24, 2.45) is 0 Å². The Kier molecular flexibility index (Phi) is 4.61. The van der Waals surface area contributed by atoms with E-state index in [0.29, 0.717) is 18.1 Å². The Morgan fingerprint density at radius 2 is 1.96 bits per heavy atom. The third-order valence-corrected chi connectivity index (χ3v) is 4.70. The molecule has 0 atom stereocenters. The highest BCUT2D eigenvalue weighted by Gasteiger charge is 2.13. The van der Waals surface area contributed by atoms with Crippen molar-refractivity contribution < 1.29 is 9.32 Å². The summed E-state index contributed by atoms with van der Waals surface area (Å²) in [5.41, 5.74) is 1.68. The molecule has 0 bridgehead atoms. The van der Waals surface area contributed by atoms with Crippen LogP contribution in [0.1, 0.15) is 11.5 Å². The summed E-state index contributed by atoms with van der Waals surface area (Å²) in [5, 5.41) is 8.96. The van der Waals surface area contributed by atoms with E-state index in [1.165, 1.54) is 0 Å². The molecule has 1 amide bonds. The lowest BCUT2D eigenvalue weighted by molar-refractivity contribution is -0.116. The number of nitrogens with zero attached hydrogens (tertiary/aromatic N) is 3. The molecule has 1 aromatic carbocycles. The Labute approximate surface area is 154 Å². The monoisotopic (exact) mass is 364 g/mol. The van der Waals surface area contributed by atoms with Gasteiger partial charge >= 0.3 is 0 Å². The summed E-state index contributed by atoms with van der Waals surface area (Å²) in [6.45, 7) is 0.268. The van der Waals surface area contributed by atoms with E-state index in [0.717, 1.165) is 16.1 Å². The van der Waals surface area contributed by atoms with Crippen LogP contribution in [0.3, 0.4) is 0 Å². The third kappa shape index (κ3) is 3.73. The number of carbonyl (C=O) groups excluding carboxylic acids is 1. The molecule has 0 radical (unpaired) electrons. The lowest BCUT2D eigenvalue weighted by Gasteiger charge is -2.10. The number of aromatic nitrogens is 3. The lowest BCUT2D eigenvalue weighted by atomic mass is 10.1. The molecule has 7 heteroatoms. The maximum atomic E-state index is 12.3. The Bertz CT molecular complexity index is 990. The highest BCUT2D eigenvalue weighted by Crippen LogP contribution is 2.23. The van der Waals surface area contributed by atoms with Crippen LogP contribution in [-0.2, 0) is 17.8 Å². The summed E-state index contributed by atoms with van der Waals surface area (Å²) in [6, 6.07) is 15.3. The van der Waals surface area contributed by atoms with Crippen molar-refractivity contribution in [2.45, 2.75) is 13.0 Å². The normalized spacial score (nSPS) is 10.8. The molecule has 4 aromatic rings. The SMILES string of the molecule is O=C(Cn1cccc1)Nc1ccccc1Cc1nc(-c2cccs2)no1. The molecule has 0 saturated carbocycles. The fraction of sp³-hybridized carbons (Fsp3) is 0.105. The minimum absolute atomic E-state index is 0.0848. The Hall–Kier alpha value is -3.19. The summed E-state index contributed by atoms with van der Waals surface area (Å²) < 4.78 is 7.19. The maximum absolute atomic E-state index is 12.3. The fourth-order valence-corrected chi connectivity index (χ4v) is 3.27. The van der Waals surface area contributed by atoms with E-state index in [4.69, 9.17) is 4.52 Å². The van der Waals surface area contributed by atoms with Gasteiger partial charge in [-0.3, -0.25) is 4.79 Å². The second-order valence-electron chi connectivity index (χ2n) is 5.73. The molecule has 26 heavy (non-hydrogen) atoms. The first kappa shape index (κ1) is 16.3. The zero-order valence-electron chi connectivity index (χ0n) is 13.8. The second kappa shape index (κ2) is 7.37. The van der Waals surface area contributed by atoms with Crippen molar-refractivity contribution in [2.75, 3.05) is 5.32 Å². The summed E-state index contributed by atoms with van der Waals surface area (Å²) in [4.78, 5) is 17.7. The Morgan fingerprint density at radius 3 is 2.77 bits per heavy atom. The van der Waals surface area contributed by atoms with Gasteiger partial charge in [0.05, 0.1) is 11.3 Å². The smallest absolute Gasteiger partial charge is 0.244 e. The van der Waals surface area contributed by atoms with E-state index in [1.54, 1.807) is 11.3 Å².